The van der Waals surface area contributed by atoms with Crippen LogP contribution in [0.3, 0.4) is 0 Å². The Morgan fingerprint density at radius 3 is 2.61 bits per heavy atom. The zero-order valence-electron chi connectivity index (χ0n) is 13.3. The van der Waals surface area contributed by atoms with E-state index in [-0.39, 0.29) is 5.91 Å². The molecule has 2 aromatic rings. The van der Waals surface area contributed by atoms with Gasteiger partial charge in [0.1, 0.15) is 0 Å². The van der Waals surface area contributed by atoms with E-state index in [4.69, 9.17) is 11.6 Å². The lowest BCUT2D eigenvalue weighted by Crippen LogP contribution is -2.25. The van der Waals surface area contributed by atoms with Crippen molar-refractivity contribution in [3.05, 3.63) is 70.2 Å². The van der Waals surface area contributed by atoms with Gasteiger partial charge in [0.05, 0.1) is 0 Å². The number of thioether (sulfide) groups is 1. The Bertz CT molecular complexity index is 628. The maximum absolute atomic E-state index is 11.8. The first-order valence-corrected chi connectivity index (χ1v) is 9.32. The third kappa shape index (κ3) is 6.67. The highest BCUT2D eigenvalue weighted by molar-refractivity contribution is 7.98. The van der Waals surface area contributed by atoms with Crippen LogP contribution in [0.15, 0.2) is 48.5 Å². The van der Waals surface area contributed by atoms with Crippen LogP contribution in [0.5, 0.6) is 0 Å². The summed E-state index contributed by atoms with van der Waals surface area (Å²) in [7, 11) is 0. The van der Waals surface area contributed by atoms with Crippen molar-refractivity contribution in [3.63, 3.8) is 0 Å². The van der Waals surface area contributed by atoms with Gasteiger partial charge >= 0.3 is 0 Å². The van der Waals surface area contributed by atoms with Gasteiger partial charge in [-0.3, -0.25) is 4.79 Å². The van der Waals surface area contributed by atoms with E-state index in [9.17, 15) is 4.79 Å². The number of hydrogen-bond acceptors (Lipinski definition) is 2. The van der Waals surface area contributed by atoms with Crippen molar-refractivity contribution < 1.29 is 4.79 Å². The van der Waals surface area contributed by atoms with E-state index in [0.29, 0.717) is 19.4 Å². The SMILES string of the molecule is Cc1ccc(CSCCNC(=O)CCc2ccccc2Cl)cc1. The molecule has 0 aliphatic rings. The van der Waals surface area contributed by atoms with Crippen LogP contribution < -0.4 is 5.32 Å². The van der Waals surface area contributed by atoms with Gasteiger partial charge in [-0.05, 0) is 30.5 Å². The largest absolute Gasteiger partial charge is 0.355 e. The van der Waals surface area contributed by atoms with Crippen molar-refractivity contribution in [3.8, 4) is 0 Å². The Morgan fingerprint density at radius 1 is 1.13 bits per heavy atom. The number of aryl methyl sites for hydroxylation is 2. The Labute approximate surface area is 147 Å². The second kappa shape index (κ2) is 9.64. The molecule has 0 radical (unpaired) electrons. The standard InChI is InChI=1S/C19H22ClNOS/c1-15-6-8-16(9-7-15)14-23-13-12-21-19(22)11-10-17-4-2-3-5-18(17)20/h2-9H,10-14H2,1H3,(H,21,22). The zero-order chi connectivity index (χ0) is 16.5. The molecule has 0 bridgehead atoms. The fraction of sp³-hybridized carbons (Fsp3) is 0.316. The second-order valence-electron chi connectivity index (χ2n) is 5.48. The minimum Gasteiger partial charge on any atom is -0.355 e. The summed E-state index contributed by atoms with van der Waals surface area (Å²) in [6.45, 7) is 2.80. The molecule has 4 heteroatoms. The van der Waals surface area contributed by atoms with Crippen LogP contribution in [0.25, 0.3) is 0 Å². The van der Waals surface area contributed by atoms with E-state index in [0.717, 1.165) is 22.1 Å². The molecule has 2 rings (SSSR count). The molecule has 0 saturated heterocycles. The molecule has 0 aromatic heterocycles. The van der Waals surface area contributed by atoms with Gasteiger partial charge in [0.15, 0.2) is 0 Å². The molecule has 0 fully saturated rings. The molecular weight excluding hydrogens is 326 g/mol. The maximum atomic E-state index is 11.8. The number of amides is 1. The summed E-state index contributed by atoms with van der Waals surface area (Å²) in [6.07, 6.45) is 1.16. The van der Waals surface area contributed by atoms with E-state index in [2.05, 4.69) is 36.5 Å². The molecule has 122 valence electrons. The molecule has 2 nitrogen and oxygen atoms in total. The highest BCUT2D eigenvalue weighted by Gasteiger charge is 2.04. The Morgan fingerprint density at radius 2 is 1.87 bits per heavy atom. The second-order valence-corrected chi connectivity index (χ2v) is 6.99. The molecule has 0 saturated carbocycles. The van der Waals surface area contributed by atoms with Gasteiger partial charge < -0.3 is 5.32 Å². The van der Waals surface area contributed by atoms with E-state index in [1.54, 1.807) is 0 Å². The predicted molar refractivity (Wildman–Crippen MR) is 100 cm³/mol. The normalized spacial score (nSPS) is 10.5. The highest BCUT2D eigenvalue weighted by Crippen LogP contribution is 2.16. The van der Waals surface area contributed by atoms with Crippen molar-refractivity contribution in [1.29, 1.82) is 0 Å². The third-order valence-electron chi connectivity index (χ3n) is 3.54. The van der Waals surface area contributed by atoms with Crippen LogP contribution in [0.2, 0.25) is 5.02 Å². The molecule has 23 heavy (non-hydrogen) atoms. The number of rotatable bonds is 8. The van der Waals surface area contributed by atoms with Gasteiger partial charge in [-0.2, -0.15) is 11.8 Å². The summed E-state index contributed by atoms with van der Waals surface area (Å²) in [5, 5.41) is 3.70. The number of hydrogen-bond donors (Lipinski definition) is 1. The van der Waals surface area contributed by atoms with Crippen LogP contribution >= 0.6 is 23.4 Å². The van der Waals surface area contributed by atoms with Gasteiger partial charge in [0.2, 0.25) is 5.91 Å². The summed E-state index contributed by atoms with van der Waals surface area (Å²) >= 11 is 7.92. The summed E-state index contributed by atoms with van der Waals surface area (Å²) < 4.78 is 0. The summed E-state index contributed by atoms with van der Waals surface area (Å²) in [5.74, 6) is 1.99. The van der Waals surface area contributed by atoms with Gasteiger partial charge in [0.25, 0.3) is 0 Å². The Hall–Kier alpha value is -1.45. The van der Waals surface area contributed by atoms with Crippen LogP contribution in [-0.2, 0) is 17.0 Å². The maximum Gasteiger partial charge on any atom is 0.220 e. The van der Waals surface area contributed by atoms with E-state index in [1.165, 1.54) is 11.1 Å². The van der Waals surface area contributed by atoms with E-state index in [1.807, 2.05) is 36.0 Å². The molecule has 0 unspecified atom stereocenters. The van der Waals surface area contributed by atoms with Gasteiger partial charge in [-0.1, -0.05) is 59.6 Å². The third-order valence-corrected chi connectivity index (χ3v) is 4.94. The zero-order valence-corrected chi connectivity index (χ0v) is 14.9. The first kappa shape index (κ1) is 17.9. The van der Waals surface area contributed by atoms with Crippen molar-refractivity contribution in [2.75, 3.05) is 12.3 Å². The van der Waals surface area contributed by atoms with E-state index < -0.39 is 0 Å². The topological polar surface area (TPSA) is 29.1 Å². The molecule has 0 spiro atoms. The molecule has 1 N–H and O–H groups in total. The van der Waals surface area contributed by atoms with Crippen LogP contribution in [0, 0.1) is 6.92 Å². The molecule has 0 aliphatic carbocycles. The van der Waals surface area contributed by atoms with Gasteiger partial charge in [0, 0.05) is 29.5 Å². The summed E-state index contributed by atoms with van der Waals surface area (Å²) in [6, 6.07) is 16.2. The molecule has 0 atom stereocenters. The quantitative estimate of drug-likeness (QED) is 0.705. The monoisotopic (exact) mass is 347 g/mol. The van der Waals surface area contributed by atoms with Crippen LogP contribution in [0.1, 0.15) is 23.1 Å². The number of carbonyl (C=O) groups excluding carboxylic acids is 1. The Balaban J connectivity index is 1.58. The fourth-order valence-electron chi connectivity index (χ4n) is 2.17. The fourth-order valence-corrected chi connectivity index (χ4v) is 3.22. The summed E-state index contributed by atoms with van der Waals surface area (Å²) in [5.41, 5.74) is 3.63. The lowest BCUT2D eigenvalue weighted by Gasteiger charge is -2.07. The first-order valence-electron chi connectivity index (χ1n) is 7.78. The van der Waals surface area contributed by atoms with Crippen molar-refractivity contribution in [2.24, 2.45) is 0 Å². The Kier molecular flexibility index (Phi) is 7.50. The average Bonchev–Trinajstić information content (AvgIpc) is 2.55. The van der Waals surface area contributed by atoms with Crippen molar-refractivity contribution in [1.82, 2.24) is 5.32 Å². The number of benzene rings is 2. The van der Waals surface area contributed by atoms with Crippen LogP contribution in [-0.4, -0.2) is 18.2 Å². The minimum absolute atomic E-state index is 0.0841. The summed E-state index contributed by atoms with van der Waals surface area (Å²) in [4.78, 5) is 11.8. The first-order chi connectivity index (χ1) is 11.1. The van der Waals surface area contributed by atoms with Crippen molar-refractivity contribution >= 4 is 29.3 Å². The van der Waals surface area contributed by atoms with Crippen LogP contribution in [0.4, 0.5) is 0 Å². The average molecular weight is 348 g/mol. The van der Waals surface area contributed by atoms with E-state index >= 15 is 0 Å². The lowest BCUT2D eigenvalue weighted by atomic mass is 10.1. The number of nitrogens with one attached hydrogen (secondary N) is 1. The molecule has 0 heterocycles. The molecule has 2 aromatic carbocycles. The van der Waals surface area contributed by atoms with Crippen molar-refractivity contribution in [2.45, 2.75) is 25.5 Å². The lowest BCUT2D eigenvalue weighted by molar-refractivity contribution is -0.120. The minimum atomic E-state index is 0.0841. The molecular formula is C19H22ClNOS. The highest BCUT2D eigenvalue weighted by atomic mass is 35.5. The number of carbonyl (C=O) groups is 1. The van der Waals surface area contributed by atoms with Gasteiger partial charge in [-0.15, -0.1) is 0 Å². The predicted octanol–water partition coefficient (Wildman–Crippen LogP) is 4.63. The number of halogens is 1. The molecule has 0 aliphatic heterocycles. The van der Waals surface area contributed by atoms with Gasteiger partial charge in [-0.25, -0.2) is 0 Å². The smallest absolute Gasteiger partial charge is 0.220 e. The molecule has 1 amide bonds.